The molecule has 0 aromatic heterocycles. The lowest BCUT2D eigenvalue weighted by Gasteiger charge is -2.40. The maximum Gasteiger partial charge on any atom is 0.338 e. The number of hydrogen-bond donors (Lipinski definition) is 7. The first kappa shape index (κ1) is 26.1. The van der Waals surface area contributed by atoms with Gasteiger partial charge in [0.05, 0.1) is 19.3 Å². The molecule has 0 bridgehead atoms. The minimum atomic E-state index is -1.71. The van der Waals surface area contributed by atoms with Crippen LogP contribution in [0, 0.1) is 0 Å². The fourth-order valence-electron chi connectivity index (χ4n) is 3.31. The molecule has 1 saturated heterocycles. The summed E-state index contributed by atoms with van der Waals surface area (Å²) in [4.78, 5) is 12.3. The van der Waals surface area contributed by atoms with Gasteiger partial charge in [0, 0.05) is 0 Å². The molecule has 12 heteroatoms. The Morgan fingerprint density at radius 2 is 1.69 bits per heavy atom. The zero-order chi connectivity index (χ0) is 25.7. The third-order valence-electron chi connectivity index (χ3n) is 5.20. The van der Waals surface area contributed by atoms with Crippen molar-refractivity contribution in [3.05, 3.63) is 47.5 Å². The van der Waals surface area contributed by atoms with Gasteiger partial charge in [-0.2, -0.15) is 0 Å². The summed E-state index contributed by atoms with van der Waals surface area (Å²) >= 11 is 0. The summed E-state index contributed by atoms with van der Waals surface area (Å²) in [5.74, 6) is -2.92. The maximum absolute atomic E-state index is 12.3. The van der Waals surface area contributed by atoms with Gasteiger partial charge >= 0.3 is 5.97 Å². The summed E-state index contributed by atoms with van der Waals surface area (Å²) < 4.78 is 21.5. The van der Waals surface area contributed by atoms with Crippen LogP contribution >= 0.6 is 0 Å². The third kappa shape index (κ3) is 5.93. The molecular weight excluding hydrogens is 468 g/mol. The molecule has 1 heterocycles. The molecule has 7 N–H and O–H groups in total. The van der Waals surface area contributed by atoms with Crippen molar-refractivity contribution in [3.8, 4) is 28.7 Å². The van der Waals surface area contributed by atoms with Gasteiger partial charge in [0.2, 0.25) is 6.29 Å². The topological polar surface area (TPSA) is 196 Å². The van der Waals surface area contributed by atoms with Gasteiger partial charge in [-0.3, -0.25) is 0 Å². The predicted molar refractivity (Wildman–Crippen MR) is 118 cm³/mol. The molecule has 2 aromatic carbocycles. The van der Waals surface area contributed by atoms with Gasteiger partial charge in [0.15, 0.2) is 28.7 Å². The Bertz CT molecular complexity index is 1050. The zero-order valence-electron chi connectivity index (χ0n) is 18.5. The minimum absolute atomic E-state index is 0.145. The van der Waals surface area contributed by atoms with Crippen LogP contribution in [-0.4, -0.2) is 92.7 Å². The van der Waals surface area contributed by atoms with E-state index in [1.807, 2.05) is 0 Å². The standard InChI is InChI=1S/C23H26O12/c1-32-16-7-11(3-2-6-24)4-5-15(16)34-23-21(30)20(29)19(28)17(35-23)10-33-22(31)12-8-13(25)18(27)14(26)9-12/h2-5,7-9,17,19-21,23-30H,6,10H2,1H3/b3-2-/t17-,19-,20+,21-,23-/m1/s1. The number of ether oxygens (including phenoxy) is 4. The van der Waals surface area contributed by atoms with E-state index in [1.54, 1.807) is 18.2 Å². The fraction of sp³-hybridized carbons (Fsp3) is 0.348. The molecule has 190 valence electrons. The van der Waals surface area contributed by atoms with E-state index in [0.717, 1.165) is 12.1 Å². The van der Waals surface area contributed by atoms with Gasteiger partial charge in [-0.1, -0.05) is 18.2 Å². The molecule has 12 nitrogen and oxygen atoms in total. The van der Waals surface area contributed by atoms with Crippen molar-refractivity contribution in [2.75, 3.05) is 20.3 Å². The first-order valence-corrected chi connectivity index (χ1v) is 10.4. The molecule has 0 spiro atoms. The number of aliphatic hydroxyl groups excluding tert-OH is 4. The molecule has 0 saturated carbocycles. The van der Waals surface area contributed by atoms with Gasteiger partial charge in [0.1, 0.15) is 31.0 Å². The number of methoxy groups -OCH3 is 1. The number of esters is 1. The molecule has 0 amide bonds. The predicted octanol–water partition coefficient (Wildman–Crippen LogP) is -0.139. The number of aromatic hydroxyl groups is 3. The number of rotatable bonds is 8. The van der Waals surface area contributed by atoms with Crippen LogP contribution in [0.5, 0.6) is 28.7 Å². The number of carbonyl (C=O) groups is 1. The normalized spacial score (nSPS) is 24.3. The van der Waals surface area contributed by atoms with Crippen LogP contribution in [0.25, 0.3) is 6.08 Å². The van der Waals surface area contributed by atoms with E-state index < -0.39 is 60.5 Å². The van der Waals surface area contributed by atoms with Crippen LogP contribution in [0.4, 0.5) is 0 Å². The summed E-state index contributed by atoms with van der Waals surface area (Å²) in [5.41, 5.74) is 0.400. The number of phenols is 3. The quantitative estimate of drug-likeness (QED) is 0.190. The molecule has 1 fully saturated rings. The second-order valence-corrected chi connectivity index (χ2v) is 7.59. The van der Waals surface area contributed by atoms with E-state index in [2.05, 4.69) is 0 Å². The molecule has 1 aliphatic heterocycles. The van der Waals surface area contributed by atoms with Crippen molar-refractivity contribution in [1.82, 2.24) is 0 Å². The highest BCUT2D eigenvalue weighted by Gasteiger charge is 2.45. The van der Waals surface area contributed by atoms with E-state index in [9.17, 15) is 35.4 Å². The van der Waals surface area contributed by atoms with Gasteiger partial charge < -0.3 is 54.7 Å². The van der Waals surface area contributed by atoms with Crippen molar-refractivity contribution >= 4 is 12.0 Å². The fourth-order valence-corrected chi connectivity index (χ4v) is 3.31. The second kappa shape index (κ2) is 11.3. The summed E-state index contributed by atoms with van der Waals surface area (Å²) in [6, 6.07) is 6.50. The Kier molecular flexibility index (Phi) is 8.38. The molecule has 2 aromatic rings. The summed E-state index contributed by atoms with van der Waals surface area (Å²) in [6.07, 6.45) is -4.65. The Balaban J connectivity index is 1.71. The highest BCUT2D eigenvalue weighted by molar-refractivity contribution is 5.91. The molecule has 35 heavy (non-hydrogen) atoms. The minimum Gasteiger partial charge on any atom is -0.504 e. The summed E-state index contributed by atoms with van der Waals surface area (Å²) in [6.45, 7) is -0.738. The molecule has 0 unspecified atom stereocenters. The van der Waals surface area contributed by atoms with E-state index >= 15 is 0 Å². The smallest absolute Gasteiger partial charge is 0.338 e. The average Bonchev–Trinajstić information content (AvgIpc) is 2.85. The lowest BCUT2D eigenvalue weighted by molar-refractivity contribution is -0.277. The van der Waals surface area contributed by atoms with Crippen LogP contribution in [-0.2, 0) is 9.47 Å². The number of hydrogen-bond acceptors (Lipinski definition) is 12. The van der Waals surface area contributed by atoms with Crippen LogP contribution in [0.2, 0.25) is 0 Å². The van der Waals surface area contributed by atoms with E-state index in [1.165, 1.54) is 19.3 Å². The molecule has 3 rings (SSSR count). The first-order valence-electron chi connectivity index (χ1n) is 10.4. The van der Waals surface area contributed by atoms with Gasteiger partial charge in [-0.25, -0.2) is 4.79 Å². The monoisotopic (exact) mass is 494 g/mol. The lowest BCUT2D eigenvalue weighted by Crippen LogP contribution is -2.60. The average molecular weight is 494 g/mol. The van der Waals surface area contributed by atoms with E-state index in [0.29, 0.717) is 5.56 Å². The molecular formula is C23H26O12. The van der Waals surface area contributed by atoms with E-state index in [-0.39, 0.29) is 23.7 Å². The summed E-state index contributed by atoms with van der Waals surface area (Å²) in [7, 11) is 1.39. The van der Waals surface area contributed by atoms with Crippen LogP contribution in [0.3, 0.4) is 0 Å². The van der Waals surface area contributed by atoms with Gasteiger partial charge in [0.25, 0.3) is 0 Å². The van der Waals surface area contributed by atoms with Crippen LogP contribution in [0.15, 0.2) is 36.4 Å². The molecule has 0 aliphatic carbocycles. The Morgan fingerprint density at radius 3 is 2.31 bits per heavy atom. The van der Waals surface area contributed by atoms with Crippen molar-refractivity contribution in [2.24, 2.45) is 0 Å². The van der Waals surface area contributed by atoms with Gasteiger partial charge in [-0.15, -0.1) is 0 Å². The molecule has 0 radical (unpaired) electrons. The third-order valence-corrected chi connectivity index (χ3v) is 5.20. The first-order chi connectivity index (χ1) is 16.7. The van der Waals surface area contributed by atoms with E-state index in [4.69, 9.17) is 24.1 Å². The number of phenolic OH excluding ortho intramolecular Hbond substituents is 3. The van der Waals surface area contributed by atoms with Crippen molar-refractivity contribution in [2.45, 2.75) is 30.7 Å². The molecule has 5 atom stereocenters. The lowest BCUT2D eigenvalue weighted by atomic mass is 9.99. The highest BCUT2D eigenvalue weighted by atomic mass is 16.7. The zero-order valence-corrected chi connectivity index (χ0v) is 18.5. The van der Waals surface area contributed by atoms with Crippen molar-refractivity contribution in [1.29, 1.82) is 0 Å². The number of benzene rings is 2. The largest absolute Gasteiger partial charge is 0.504 e. The number of carbonyl (C=O) groups excluding carboxylic acids is 1. The van der Waals surface area contributed by atoms with Gasteiger partial charge in [-0.05, 0) is 29.8 Å². The Labute approximate surface area is 199 Å². The van der Waals surface area contributed by atoms with Crippen LogP contribution in [0.1, 0.15) is 15.9 Å². The number of aliphatic hydroxyl groups is 4. The molecule has 1 aliphatic rings. The summed E-state index contributed by atoms with van der Waals surface area (Å²) in [5, 5.41) is 68.3. The SMILES string of the molecule is COc1cc(/C=C\CO)ccc1O[C@@H]1O[C@H](COC(=O)c2cc(O)c(O)c(O)c2)[C@@H](O)[C@H](O)[C@H]1O. The Morgan fingerprint density at radius 1 is 1.00 bits per heavy atom. The van der Waals surface area contributed by atoms with Crippen LogP contribution < -0.4 is 9.47 Å². The second-order valence-electron chi connectivity index (χ2n) is 7.59. The maximum atomic E-state index is 12.3. The van der Waals surface area contributed by atoms with Crippen molar-refractivity contribution in [3.63, 3.8) is 0 Å². The highest BCUT2D eigenvalue weighted by Crippen LogP contribution is 2.36. The Hall–Kier alpha value is -3.55. The van der Waals surface area contributed by atoms with Crippen molar-refractivity contribution < 1.29 is 59.5 Å².